The van der Waals surface area contributed by atoms with Crippen LogP contribution in [-0.2, 0) is 10.2 Å². The fraction of sp³-hybridized carbons (Fsp3) is 0.379. The summed E-state index contributed by atoms with van der Waals surface area (Å²) in [5, 5.41) is 6.16. The van der Waals surface area contributed by atoms with Crippen LogP contribution < -0.4 is 20.3 Å². The smallest absolute Gasteiger partial charge is 0.247 e. The molecule has 0 spiro atoms. The van der Waals surface area contributed by atoms with Gasteiger partial charge in [0.05, 0.1) is 24.2 Å². The number of hydrogen-bond acceptors (Lipinski definition) is 8. The molecule has 0 atom stereocenters. The number of amides is 1. The third-order valence-corrected chi connectivity index (χ3v) is 6.07. The van der Waals surface area contributed by atoms with Crippen LogP contribution in [0.2, 0.25) is 0 Å². The van der Waals surface area contributed by atoms with Crippen LogP contribution in [-0.4, -0.2) is 67.1 Å². The van der Waals surface area contributed by atoms with Crippen molar-refractivity contribution in [1.29, 1.82) is 0 Å². The van der Waals surface area contributed by atoms with E-state index in [2.05, 4.69) is 87.9 Å². The Morgan fingerprint density at radius 3 is 2.42 bits per heavy atom. The number of anilines is 4. The standard InChI is InChI=1S/C29H39N7O2/c1-10-26(37)32-22-16-23(25(38-9)17-24(22)36(8)12-11-35(6)7)33-28-31-18-30-27(34-28)20-13-19(2)14-21(15-20)29(3,4)5/h10,13-18H,1,11-12H2,2-9H3,(H,32,37)(H,30,31,33,34). The Labute approximate surface area is 226 Å². The maximum atomic E-state index is 12.2. The summed E-state index contributed by atoms with van der Waals surface area (Å²) in [6.45, 7) is 13.8. The summed E-state index contributed by atoms with van der Waals surface area (Å²) in [6, 6.07) is 10.1. The zero-order valence-electron chi connectivity index (χ0n) is 23.7. The number of carbonyl (C=O) groups is 1. The summed E-state index contributed by atoms with van der Waals surface area (Å²) in [7, 11) is 7.61. The van der Waals surface area contributed by atoms with E-state index >= 15 is 0 Å². The normalized spacial score (nSPS) is 11.3. The van der Waals surface area contributed by atoms with Crippen molar-refractivity contribution in [3.63, 3.8) is 0 Å². The maximum Gasteiger partial charge on any atom is 0.247 e. The number of hydrogen-bond donors (Lipinski definition) is 2. The van der Waals surface area contributed by atoms with Crippen molar-refractivity contribution in [3.8, 4) is 17.1 Å². The van der Waals surface area contributed by atoms with Gasteiger partial charge in [0.25, 0.3) is 0 Å². The summed E-state index contributed by atoms with van der Waals surface area (Å²) in [4.78, 5) is 29.8. The highest BCUT2D eigenvalue weighted by molar-refractivity contribution is 6.02. The maximum absolute atomic E-state index is 12.2. The molecule has 1 aromatic heterocycles. The average Bonchev–Trinajstić information content (AvgIpc) is 2.86. The summed E-state index contributed by atoms with van der Waals surface area (Å²) in [5.41, 5.74) is 5.30. The van der Waals surface area contributed by atoms with Crippen LogP contribution in [0.3, 0.4) is 0 Å². The number of methoxy groups -OCH3 is 1. The Kier molecular flexibility index (Phi) is 9.06. The first kappa shape index (κ1) is 28.6. The van der Waals surface area contributed by atoms with E-state index in [1.807, 2.05) is 33.3 Å². The molecule has 0 unspecified atom stereocenters. The van der Waals surface area contributed by atoms with Gasteiger partial charge in [-0.05, 0) is 56.3 Å². The SMILES string of the molecule is C=CC(=O)Nc1cc(Nc2ncnc(-c3cc(C)cc(C(C)(C)C)c3)n2)c(OC)cc1N(C)CCN(C)C. The predicted molar refractivity (Wildman–Crippen MR) is 156 cm³/mol. The largest absolute Gasteiger partial charge is 0.494 e. The third kappa shape index (κ3) is 7.29. The number of likely N-dealkylation sites (N-methyl/N-ethyl adjacent to an activating group) is 2. The van der Waals surface area contributed by atoms with Crippen LogP contribution in [0.25, 0.3) is 11.4 Å². The number of ether oxygens (including phenoxy) is 1. The number of benzene rings is 2. The fourth-order valence-corrected chi connectivity index (χ4v) is 3.87. The molecule has 1 heterocycles. The van der Waals surface area contributed by atoms with Gasteiger partial charge in [0.2, 0.25) is 11.9 Å². The van der Waals surface area contributed by atoms with Crippen LogP contribution in [0.5, 0.6) is 5.75 Å². The van der Waals surface area contributed by atoms with Gasteiger partial charge in [0, 0.05) is 31.8 Å². The second-order valence-electron chi connectivity index (χ2n) is 10.6. The minimum Gasteiger partial charge on any atom is -0.494 e. The van der Waals surface area contributed by atoms with Crippen molar-refractivity contribution in [1.82, 2.24) is 19.9 Å². The van der Waals surface area contributed by atoms with Crippen LogP contribution in [0.1, 0.15) is 31.9 Å². The molecule has 9 nitrogen and oxygen atoms in total. The van der Waals surface area contributed by atoms with E-state index in [1.165, 1.54) is 18.0 Å². The molecule has 202 valence electrons. The third-order valence-electron chi connectivity index (χ3n) is 6.07. The van der Waals surface area contributed by atoms with Gasteiger partial charge in [-0.3, -0.25) is 4.79 Å². The summed E-state index contributed by atoms with van der Waals surface area (Å²) in [6.07, 6.45) is 2.73. The number of aryl methyl sites for hydroxylation is 1. The highest BCUT2D eigenvalue weighted by atomic mass is 16.5. The molecular weight excluding hydrogens is 478 g/mol. The Morgan fingerprint density at radius 1 is 1.05 bits per heavy atom. The molecule has 3 aromatic rings. The quantitative estimate of drug-likeness (QED) is 0.362. The van der Waals surface area contributed by atoms with Crippen LogP contribution in [0, 0.1) is 6.92 Å². The van der Waals surface area contributed by atoms with Crippen molar-refractivity contribution in [2.75, 3.05) is 56.9 Å². The van der Waals surface area contributed by atoms with Crippen molar-refractivity contribution in [2.24, 2.45) is 0 Å². The number of nitrogens with one attached hydrogen (secondary N) is 2. The van der Waals surface area contributed by atoms with Crippen molar-refractivity contribution in [3.05, 3.63) is 60.4 Å². The molecule has 0 aliphatic rings. The summed E-state index contributed by atoms with van der Waals surface area (Å²) < 4.78 is 5.70. The Hall–Kier alpha value is -3.98. The zero-order chi connectivity index (χ0) is 28.0. The monoisotopic (exact) mass is 517 g/mol. The highest BCUT2D eigenvalue weighted by Gasteiger charge is 2.18. The van der Waals surface area contributed by atoms with Gasteiger partial charge >= 0.3 is 0 Å². The van der Waals surface area contributed by atoms with Gasteiger partial charge < -0.3 is 25.2 Å². The molecular formula is C29H39N7O2. The van der Waals surface area contributed by atoms with E-state index < -0.39 is 0 Å². The van der Waals surface area contributed by atoms with E-state index in [1.54, 1.807) is 7.11 Å². The molecule has 9 heteroatoms. The zero-order valence-corrected chi connectivity index (χ0v) is 23.7. The first-order valence-electron chi connectivity index (χ1n) is 12.5. The van der Waals surface area contributed by atoms with E-state index in [9.17, 15) is 4.79 Å². The Morgan fingerprint density at radius 2 is 1.79 bits per heavy atom. The van der Waals surface area contributed by atoms with Gasteiger partial charge in [0.1, 0.15) is 12.1 Å². The van der Waals surface area contributed by atoms with Gasteiger partial charge in [-0.15, -0.1) is 0 Å². The molecule has 38 heavy (non-hydrogen) atoms. The first-order chi connectivity index (χ1) is 17.9. The lowest BCUT2D eigenvalue weighted by molar-refractivity contribution is -0.111. The molecule has 0 aliphatic heterocycles. The molecule has 0 radical (unpaired) electrons. The van der Waals surface area contributed by atoms with Gasteiger partial charge in [-0.1, -0.05) is 39.0 Å². The number of aromatic nitrogens is 3. The molecule has 0 aliphatic carbocycles. The minimum absolute atomic E-state index is 0.00400. The Bertz CT molecular complexity index is 1300. The molecule has 1 amide bonds. The fourth-order valence-electron chi connectivity index (χ4n) is 3.87. The lowest BCUT2D eigenvalue weighted by Crippen LogP contribution is -2.29. The molecule has 0 saturated heterocycles. The van der Waals surface area contributed by atoms with E-state index in [4.69, 9.17) is 4.74 Å². The Balaban J connectivity index is 2.00. The number of nitrogens with zero attached hydrogens (tertiary/aromatic N) is 5. The molecule has 0 bridgehead atoms. The van der Waals surface area contributed by atoms with Gasteiger partial charge in [-0.25, -0.2) is 9.97 Å². The number of rotatable bonds is 10. The van der Waals surface area contributed by atoms with E-state index in [0.29, 0.717) is 28.9 Å². The minimum atomic E-state index is -0.306. The number of carbonyl (C=O) groups excluding carboxylic acids is 1. The van der Waals surface area contributed by atoms with Crippen molar-refractivity contribution >= 4 is 28.9 Å². The lowest BCUT2D eigenvalue weighted by Gasteiger charge is -2.26. The second-order valence-corrected chi connectivity index (χ2v) is 10.6. The van der Waals surface area contributed by atoms with Gasteiger partial charge in [-0.2, -0.15) is 4.98 Å². The van der Waals surface area contributed by atoms with Crippen LogP contribution in [0.4, 0.5) is 23.0 Å². The van der Waals surface area contributed by atoms with E-state index in [0.717, 1.165) is 29.9 Å². The first-order valence-corrected chi connectivity index (χ1v) is 12.5. The van der Waals surface area contributed by atoms with Crippen LogP contribution in [0.15, 0.2) is 49.3 Å². The highest BCUT2D eigenvalue weighted by Crippen LogP contribution is 2.38. The van der Waals surface area contributed by atoms with Crippen molar-refractivity contribution < 1.29 is 9.53 Å². The molecule has 2 N–H and O–H groups in total. The van der Waals surface area contributed by atoms with Crippen molar-refractivity contribution in [2.45, 2.75) is 33.1 Å². The lowest BCUT2D eigenvalue weighted by atomic mass is 9.85. The molecule has 0 fully saturated rings. The topological polar surface area (TPSA) is 95.5 Å². The average molecular weight is 518 g/mol. The molecule has 2 aromatic carbocycles. The van der Waals surface area contributed by atoms with Gasteiger partial charge in [0.15, 0.2) is 5.82 Å². The predicted octanol–water partition coefficient (Wildman–Crippen LogP) is 5.02. The molecule has 0 saturated carbocycles. The van der Waals surface area contributed by atoms with Crippen LogP contribution >= 0.6 is 0 Å². The van der Waals surface area contributed by atoms with E-state index in [-0.39, 0.29) is 11.3 Å². The second kappa shape index (κ2) is 12.0. The summed E-state index contributed by atoms with van der Waals surface area (Å²) >= 11 is 0. The summed E-state index contributed by atoms with van der Waals surface area (Å²) in [5.74, 6) is 1.21. The molecule has 3 rings (SSSR count).